The van der Waals surface area contributed by atoms with E-state index in [4.69, 9.17) is 4.74 Å². The number of hydrogen-bond donors (Lipinski definition) is 0. The highest BCUT2D eigenvalue weighted by atomic mass is 16.5. The lowest BCUT2D eigenvalue weighted by Gasteiger charge is -2.11. The summed E-state index contributed by atoms with van der Waals surface area (Å²) in [5.74, 6) is -1.91. The number of carbonyl (C=O) groups excluding carboxylic acids is 2. The van der Waals surface area contributed by atoms with E-state index in [0.717, 1.165) is 11.1 Å². The van der Waals surface area contributed by atoms with Gasteiger partial charge in [0.25, 0.3) is 0 Å². The second-order valence-corrected chi connectivity index (χ2v) is 4.16. The number of carbonyl (C=O) groups is 2. The van der Waals surface area contributed by atoms with E-state index in [2.05, 4.69) is 14.5 Å². The molecule has 0 spiro atoms. The molecule has 0 aliphatic rings. The number of pyridine rings is 1. The molecule has 0 amide bonds. The number of methoxy groups -OCH3 is 3. The van der Waals surface area contributed by atoms with E-state index in [9.17, 15) is 9.59 Å². The molecule has 1 aromatic rings. The van der Waals surface area contributed by atoms with E-state index in [-0.39, 0.29) is 0 Å². The van der Waals surface area contributed by atoms with Crippen LogP contribution in [-0.4, -0.2) is 38.3 Å². The van der Waals surface area contributed by atoms with Gasteiger partial charge in [0.15, 0.2) is 5.92 Å². The first-order chi connectivity index (χ1) is 10.1. The van der Waals surface area contributed by atoms with Crippen molar-refractivity contribution in [2.24, 2.45) is 5.92 Å². The molecule has 6 nitrogen and oxygen atoms in total. The summed E-state index contributed by atoms with van der Waals surface area (Å²) in [5.41, 5.74) is 1.60. The lowest BCUT2D eigenvalue weighted by Crippen LogP contribution is -2.25. The minimum atomic E-state index is -1.09. The Hall–Kier alpha value is -2.37. The van der Waals surface area contributed by atoms with Crippen LogP contribution < -0.4 is 4.74 Å². The molecule has 1 aromatic heterocycles. The van der Waals surface area contributed by atoms with Crippen LogP contribution in [0.3, 0.4) is 0 Å². The molecule has 21 heavy (non-hydrogen) atoms. The van der Waals surface area contributed by atoms with Crippen LogP contribution in [0.15, 0.2) is 24.4 Å². The summed E-state index contributed by atoms with van der Waals surface area (Å²) in [6.45, 7) is 1.92. The van der Waals surface area contributed by atoms with Gasteiger partial charge in [-0.25, -0.2) is 4.98 Å². The van der Waals surface area contributed by atoms with Gasteiger partial charge in [0, 0.05) is 12.3 Å². The average Bonchev–Trinajstić information content (AvgIpc) is 2.54. The summed E-state index contributed by atoms with van der Waals surface area (Å²) >= 11 is 0. The molecule has 0 saturated carbocycles. The molecular formula is C15H19NO5. The van der Waals surface area contributed by atoms with Gasteiger partial charge in [-0.2, -0.15) is 0 Å². The molecule has 0 aliphatic heterocycles. The van der Waals surface area contributed by atoms with E-state index in [1.807, 2.05) is 13.0 Å². The Kier molecular flexibility index (Phi) is 6.39. The third-order valence-corrected chi connectivity index (χ3v) is 2.98. The molecule has 0 bridgehead atoms. The van der Waals surface area contributed by atoms with Crippen LogP contribution in [0.25, 0.3) is 5.57 Å². The molecule has 0 saturated heterocycles. The number of hydrogen-bond acceptors (Lipinski definition) is 6. The van der Waals surface area contributed by atoms with Gasteiger partial charge in [0.2, 0.25) is 5.88 Å². The Morgan fingerprint density at radius 2 is 1.81 bits per heavy atom. The molecule has 0 atom stereocenters. The van der Waals surface area contributed by atoms with Gasteiger partial charge in [-0.3, -0.25) is 9.59 Å². The standard InChI is InChI=1S/C15H19NO5/c1-5-10(11-6-7-13(19-2)16-9-11)8-12(14(17)20-3)15(18)21-4/h6-9,12H,5H2,1-4H3/b10-8-. The maximum absolute atomic E-state index is 11.7. The van der Waals surface area contributed by atoms with Crippen molar-refractivity contribution in [1.29, 1.82) is 0 Å². The summed E-state index contributed by atoms with van der Waals surface area (Å²) in [6, 6.07) is 3.52. The second-order valence-electron chi connectivity index (χ2n) is 4.16. The largest absolute Gasteiger partial charge is 0.481 e. The van der Waals surface area contributed by atoms with E-state index >= 15 is 0 Å². The average molecular weight is 293 g/mol. The lowest BCUT2D eigenvalue weighted by atomic mass is 9.99. The van der Waals surface area contributed by atoms with Crippen molar-refractivity contribution >= 4 is 17.5 Å². The van der Waals surface area contributed by atoms with E-state index in [1.165, 1.54) is 21.3 Å². The number of nitrogens with zero attached hydrogens (tertiary/aromatic N) is 1. The predicted molar refractivity (Wildman–Crippen MR) is 76.6 cm³/mol. The minimum Gasteiger partial charge on any atom is -0.481 e. The Morgan fingerprint density at radius 3 is 2.19 bits per heavy atom. The number of esters is 2. The van der Waals surface area contributed by atoms with Crippen molar-refractivity contribution in [1.82, 2.24) is 4.98 Å². The Bertz CT molecular complexity index is 505. The van der Waals surface area contributed by atoms with Crippen molar-refractivity contribution in [3.63, 3.8) is 0 Å². The van der Waals surface area contributed by atoms with Crippen LogP contribution in [0.5, 0.6) is 5.88 Å². The number of ether oxygens (including phenoxy) is 3. The van der Waals surface area contributed by atoms with Gasteiger partial charge in [-0.15, -0.1) is 0 Å². The zero-order valence-corrected chi connectivity index (χ0v) is 12.6. The fourth-order valence-electron chi connectivity index (χ4n) is 1.80. The second kappa shape index (κ2) is 8.04. The maximum atomic E-state index is 11.7. The van der Waals surface area contributed by atoms with Crippen LogP contribution in [0.2, 0.25) is 0 Å². The maximum Gasteiger partial charge on any atom is 0.324 e. The normalized spacial score (nSPS) is 11.2. The molecule has 0 unspecified atom stereocenters. The summed E-state index contributed by atoms with van der Waals surface area (Å²) in [7, 11) is 3.99. The van der Waals surface area contributed by atoms with Crippen LogP contribution in [-0.2, 0) is 19.1 Å². The van der Waals surface area contributed by atoms with Crippen LogP contribution in [0.1, 0.15) is 18.9 Å². The SMILES string of the molecule is CC/C(=C/C(C(=O)OC)C(=O)OC)c1ccc(OC)nc1. The first kappa shape index (κ1) is 16.7. The number of allylic oxidation sites excluding steroid dienone is 1. The van der Waals surface area contributed by atoms with Gasteiger partial charge in [0.1, 0.15) is 0 Å². The van der Waals surface area contributed by atoms with Crippen LogP contribution in [0.4, 0.5) is 0 Å². The van der Waals surface area contributed by atoms with Gasteiger partial charge in [-0.1, -0.05) is 13.0 Å². The zero-order chi connectivity index (χ0) is 15.8. The molecule has 0 radical (unpaired) electrons. The highest BCUT2D eigenvalue weighted by molar-refractivity contribution is 5.98. The summed E-state index contributed by atoms with van der Waals surface area (Å²) < 4.78 is 14.3. The van der Waals surface area contributed by atoms with Gasteiger partial charge in [0.05, 0.1) is 21.3 Å². The molecule has 1 rings (SSSR count). The van der Waals surface area contributed by atoms with Gasteiger partial charge < -0.3 is 14.2 Å². The quantitative estimate of drug-likeness (QED) is 0.588. The monoisotopic (exact) mass is 293 g/mol. The fraction of sp³-hybridized carbons (Fsp3) is 0.400. The molecule has 0 N–H and O–H groups in total. The summed E-state index contributed by atoms with van der Waals surface area (Å²) in [4.78, 5) is 27.5. The fourth-order valence-corrected chi connectivity index (χ4v) is 1.80. The Balaban J connectivity index is 3.13. The van der Waals surface area contributed by atoms with Crippen molar-refractivity contribution in [3.05, 3.63) is 30.0 Å². The molecule has 1 heterocycles. The Morgan fingerprint density at radius 1 is 1.19 bits per heavy atom. The summed E-state index contributed by atoms with van der Waals surface area (Å²) in [5, 5.41) is 0. The molecule has 0 aromatic carbocycles. The highest BCUT2D eigenvalue weighted by Gasteiger charge is 2.26. The van der Waals surface area contributed by atoms with Crippen LogP contribution >= 0.6 is 0 Å². The topological polar surface area (TPSA) is 74.7 Å². The third-order valence-electron chi connectivity index (χ3n) is 2.98. The molecule has 6 heteroatoms. The lowest BCUT2D eigenvalue weighted by molar-refractivity contribution is -0.156. The molecule has 0 aliphatic carbocycles. The van der Waals surface area contributed by atoms with E-state index in [1.54, 1.807) is 18.3 Å². The van der Waals surface area contributed by atoms with Crippen molar-refractivity contribution < 1.29 is 23.8 Å². The van der Waals surface area contributed by atoms with E-state index in [0.29, 0.717) is 12.3 Å². The minimum absolute atomic E-state index is 0.492. The Labute approximate surface area is 123 Å². The molecule has 114 valence electrons. The summed E-state index contributed by atoms with van der Waals surface area (Å²) in [6.07, 6.45) is 3.79. The van der Waals surface area contributed by atoms with Crippen LogP contribution in [0, 0.1) is 5.92 Å². The van der Waals surface area contributed by atoms with Crippen molar-refractivity contribution in [2.45, 2.75) is 13.3 Å². The first-order valence-electron chi connectivity index (χ1n) is 6.44. The number of aromatic nitrogens is 1. The van der Waals surface area contributed by atoms with Gasteiger partial charge in [-0.05, 0) is 23.6 Å². The third kappa shape index (κ3) is 4.30. The van der Waals surface area contributed by atoms with E-state index < -0.39 is 17.9 Å². The zero-order valence-electron chi connectivity index (χ0n) is 12.6. The molecular weight excluding hydrogens is 274 g/mol. The predicted octanol–water partition coefficient (Wildman–Crippen LogP) is 1.85. The number of rotatable bonds is 6. The highest BCUT2D eigenvalue weighted by Crippen LogP contribution is 2.22. The van der Waals surface area contributed by atoms with Crippen molar-refractivity contribution in [2.75, 3.05) is 21.3 Å². The molecule has 0 fully saturated rings. The smallest absolute Gasteiger partial charge is 0.324 e. The van der Waals surface area contributed by atoms with Gasteiger partial charge >= 0.3 is 11.9 Å². The first-order valence-corrected chi connectivity index (χ1v) is 6.44. The van der Waals surface area contributed by atoms with Crippen molar-refractivity contribution in [3.8, 4) is 5.88 Å².